The molecule has 0 aliphatic carbocycles. The van der Waals surface area contributed by atoms with E-state index in [2.05, 4.69) is 12.2 Å². The van der Waals surface area contributed by atoms with Crippen molar-refractivity contribution in [3.8, 4) is 0 Å². The monoisotopic (exact) mass is 297 g/mol. The average molecular weight is 297 g/mol. The van der Waals surface area contributed by atoms with Crippen molar-refractivity contribution in [2.45, 2.75) is 38.3 Å². The molecule has 0 spiro atoms. The number of nitrogens with one attached hydrogen (secondary N) is 1. The molecule has 0 bridgehead atoms. The van der Waals surface area contributed by atoms with Gasteiger partial charge in [-0.2, -0.15) is 0 Å². The quantitative estimate of drug-likeness (QED) is 0.863. The maximum absolute atomic E-state index is 11.3. The molecule has 4 nitrogen and oxygen atoms in total. The highest BCUT2D eigenvalue weighted by Gasteiger charge is 2.23. The fraction of sp³-hybridized carbons (Fsp3) is 0.600. The minimum atomic E-state index is -2.82. The van der Waals surface area contributed by atoms with Crippen LogP contribution < -0.4 is 5.32 Å². The van der Waals surface area contributed by atoms with Gasteiger partial charge in [0.25, 0.3) is 0 Å². The van der Waals surface area contributed by atoms with Crippen molar-refractivity contribution in [3.05, 3.63) is 35.4 Å². The molecule has 0 saturated carbocycles. The summed E-state index contributed by atoms with van der Waals surface area (Å²) in [5, 5.41) is 13.4. The zero-order chi connectivity index (χ0) is 14.6. The van der Waals surface area contributed by atoms with Gasteiger partial charge >= 0.3 is 0 Å². The maximum Gasteiger partial charge on any atom is 0.150 e. The van der Waals surface area contributed by atoms with Gasteiger partial charge < -0.3 is 10.4 Å². The highest BCUT2D eigenvalue weighted by atomic mass is 32.2. The Hall–Kier alpha value is -0.910. The fourth-order valence-corrected chi connectivity index (χ4v) is 3.96. The summed E-state index contributed by atoms with van der Waals surface area (Å²) in [5.74, 6) is 0.512. The lowest BCUT2D eigenvalue weighted by Gasteiger charge is -2.24. The molecule has 1 aromatic rings. The van der Waals surface area contributed by atoms with Crippen molar-refractivity contribution in [1.82, 2.24) is 5.32 Å². The lowest BCUT2D eigenvalue weighted by molar-refractivity contribution is 0.168. The molecule has 1 aromatic carbocycles. The van der Waals surface area contributed by atoms with Crippen molar-refractivity contribution in [2.75, 3.05) is 18.1 Å². The van der Waals surface area contributed by atoms with Gasteiger partial charge in [-0.3, -0.25) is 0 Å². The molecule has 112 valence electrons. The lowest BCUT2D eigenvalue weighted by Crippen LogP contribution is -2.39. The molecule has 1 aliphatic rings. The van der Waals surface area contributed by atoms with E-state index in [1.54, 1.807) is 0 Å². The molecule has 1 heterocycles. The molecule has 2 rings (SSSR count). The summed E-state index contributed by atoms with van der Waals surface area (Å²) in [6.07, 6.45) is 1.73. The second kappa shape index (κ2) is 6.70. The number of hydrogen-bond donors (Lipinski definition) is 2. The topological polar surface area (TPSA) is 66.4 Å². The van der Waals surface area contributed by atoms with Gasteiger partial charge in [0.1, 0.15) is 9.84 Å². The van der Waals surface area contributed by atoms with Gasteiger partial charge in [0.05, 0.1) is 17.6 Å². The predicted octanol–water partition coefficient (Wildman–Crippen LogP) is 1.45. The van der Waals surface area contributed by atoms with E-state index < -0.39 is 15.9 Å². The molecule has 5 heteroatoms. The van der Waals surface area contributed by atoms with Crippen molar-refractivity contribution < 1.29 is 13.5 Å². The van der Waals surface area contributed by atoms with Crippen molar-refractivity contribution >= 4 is 9.84 Å². The van der Waals surface area contributed by atoms with E-state index in [0.717, 1.165) is 12.0 Å². The Bertz CT molecular complexity index is 511. The largest absolute Gasteiger partial charge is 0.387 e. The summed E-state index contributed by atoms with van der Waals surface area (Å²) in [6, 6.07) is 8.17. The van der Waals surface area contributed by atoms with Crippen LogP contribution in [0.3, 0.4) is 0 Å². The van der Waals surface area contributed by atoms with Crippen LogP contribution in [0.25, 0.3) is 0 Å². The molecule has 1 atom stereocenters. The number of hydrogen-bond acceptors (Lipinski definition) is 4. The summed E-state index contributed by atoms with van der Waals surface area (Å²) in [6.45, 7) is 2.57. The SMILES string of the molecule is CCc1ccc(C(O)CNC2CCS(=O)(=O)CC2)cc1. The van der Waals surface area contributed by atoms with Crippen LogP contribution in [0.2, 0.25) is 0 Å². The smallest absolute Gasteiger partial charge is 0.150 e. The van der Waals surface area contributed by atoms with Gasteiger partial charge in [-0.05, 0) is 30.4 Å². The van der Waals surface area contributed by atoms with Crippen molar-refractivity contribution in [3.63, 3.8) is 0 Å². The van der Waals surface area contributed by atoms with Crippen LogP contribution in [-0.2, 0) is 16.3 Å². The zero-order valence-corrected chi connectivity index (χ0v) is 12.7. The standard InChI is InChI=1S/C15H23NO3S/c1-2-12-3-5-13(6-4-12)15(17)11-16-14-7-9-20(18,19)10-8-14/h3-6,14-17H,2,7-11H2,1H3. The third-order valence-electron chi connectivity index (χ3n) is 3.93. The Kier molecular flexibility index (Phi) is 5.18. The minimum absolute atomic E-state index is 0.197. The average Bonchev–Trinajstić information content (AvgIpc) is 2.46. The van der Waals surface area contributed by atoms with Crippen LogP contribution in [0.1, 0.15) is 37.0 Å². The Morgan fingerprint density at radius 2 is 1.85 bits per heavy atom. The van der Waals surface area contributed by atoms with Crippen LogP contribution in [0, 0.1) is 0 Å². The number of sulfone groups is 1. The fourth-order valence-electron chi connectivity index (χ4n) is 2.47. The first-order chi connectivity index (χ1) is 9.50. The molecule has 2 N–H and O–H groups in total. The molecule has 0 amide bonds. The third kappa shape index (κ3) is 4.30. The van der Waals surface area contributed by atoms with Gasteiger partial charge in [-0.1, -0.05) is 31.2 Å². The Balaban J connectivity index is 1.81. The van der Waals surface area contributed by atoms with Crippen LogP contribution >= 0.6 is 0 Å². The molecule has 0 aromatic heterocycles. The molecule has 1 aliphatic heterocycles. The van der Waals surface area contributed by atoms with Crippen molar-refractivity contribution in [1.29, 1.82) is 0 Å². The lowest BCUT2D eigenvalue weighted by atomic mass is 10.0. The molecular formula is C15H23NO3S. The summed E-state index contributed by atoms with van der Waals surface area (Å²) in [5.41, 5.74) is 2.16. The van der Waals surface area contributed by atoms with Crippen LogP contribution in [-0.4, -0.2) is 37.6 Å². The van der Waals surface area contributed by atoms with Gasteiger partial charge in [-0.25, -0.2) is 8.42 Å². The Morgan fingerprint density at radius 3 is 2.40 bits per heavy atom. The van der Waals surface area contributed by atoms with Gasteiger partial charge in [-0.15, -0.1) is 0 Å². The molecule has 1 unspecified atom stereocenters. The number of aryl methyl sites for hydroxylation is 1. The van der Waals surface area contributed by atoms with E-state index in [-0.39, 0.29) is 17.5 Å². The first-order valence-electron chi connectivity index (χ1n) is 7.21. The highest BCUT2D eigenvalue weighted by molar-refractivity contribution is 7.91. The minimum Gasteiger partial charge on any atom is -0.387 e. The first-order valence-corrected chi connectivity index (χ1v) is 9.03. The van der Waals surface area contributed by atoms with Gasteiger partial charge in [0.15, 0.2) is 0 Å². The van der Waals surface area contributed by atoms with E-state index in [1.165, 1.54) is 5.56 Å². The van der Waals surface area contributed by atoms with Gasteiger partial charge in [0, 0.05) is 12.6 Å². The van der Waals surface area contributed by atoms with E-state index in [0.29, 0.717) is 19.4 Å². The molecule has 0 radical (unpaired) electrons. The van der Waals surface area contributed by atoms with E-state index in [1.807, 2.05) is 24.3 Å². The first kappa shape index (κ1) is 15.5. The second-order valence-corrected chi connectivity index (χ2v) is 7.75. The molecule has 1 fully saturated rings. The van der Waals surface area contributed by atoms with E-state index >= 15 is 0 Å². The predicted molar refractivity (Wildman–Crippen MR) is 80.5 cm³/mol. The van der Waals surface area contributed by atoms with E-state index in [4.69, 9.17) is 0 Å². The van der Waals surface area contributed by atoms with Crippen LogP contribution in [0.15, 0.2) is 24.3 Å². The zero-order valence-electron chi connectivity index (χ0n) is 11.9. The number of aliphatic hydroxyl groups is 1. The molecular weight excluding hydrogens is 274 g/mol. The van der Waals surface area contributed by atoms with Gasteiger partial charge in [0.2, 0.25) is 0 Å². The number of benzene rings is 1. The Morgan fingerprint density at radius 1 is 1.25 bits per heavy atom. The Labute approximate surface area is 121 Å². The molecule has 1 saturated heterocycles. The van der Waals surface area contributed by atoms with Crippen molar-refractivity contribution in [2.24, 2.45) is 0 Å². The summed E-state index contributed by atoms with van der Waals surface area (Å²) >= 11 is 0. The summed E-state index contributed by atoms with van der Waals surface area (Å²) in [4.78, 5) is 0. The van der Waals surface area contributed by atoms with Crippen LogP contribution in [0.5, 0.6) is 0 Å². The third-order valence-corrected chi connectivity index (χ3v) is 5.64. The number of rotatable bonds is 5. The van der Waals surface area contributed by atoms with E-state index in [9.17, 15) is 13.5 Å². The molecule has 20 heavy (non-hydrogen) atoms. The number of aliphatic hydroxyl groups excluding tert-OH is 1. The summed E-state index contributed by atoms with van der Waals surface area (Å²) < 4.78 is 22.7. The summed E-state index contributed by atoms with van der Waals surface area (Å²) in [7, 11) is -2.82. The normalized spacial score (nSPS) is 20.7. The second-order valence-electron chi connectivity index (χ2n) is 5.45. The van der Waals surface area contributed by atoms with Crippen LogP contribution in [0.4, 0.5) is 0 Å². The maximum atomic E-state index is 11.3. The highest BCUT2D eigenvalue weighted by Crippen LogP contribution is 2.16.